The molecule has 1 N–H and O–H groups in total. The molecule has 3 nitrogen and oxygen atoms in total. The number of nitriles is 1. The molecule has 0 radical (unpaired) electrons. The van der Waals surface area contributed by atoms with Gasteiger partial charge < -0.3 is 5.11 Å². The fourth-order valence-corrected chi connectivity index (χ4v) is 0.770. The lowest BCUT2D eigenvalue weighted by atomic mass is 10.2. The minimum absolute atomic E-state index is 0.116. The summed E-state index contributed by atoms with van der Waals surface area (Å²) >= 11 is 0. The molecule has 1 heterocycles. The molecule has 0 bridgehead atoms. The predicted molar refractivity (Wildman–Crippen MR) is 39.6 cm³/mol. The molecule has 1 aromatic rings. The fourth-order valence-electron chi connectivity index (χ4n) is 0.770. The van der Waals surface area contributed by atoms with Gasteiger partial charge in [0.15, 0.2) is 0 Å². The average Bonchev–Trinajstić information content (AvgIpc) is 2.05. The van der Waals surface area contributed by atoms with E-state index in [0.29, 0.717) is 11.4 Å². The summed E-state index contributed by atoms with van der Waals surface area (Å²) in [7, 11) is 0. The second kappa shape index (κ2) is 3.13. The van der Waals surface area contributed by atoms with Crippen LogP contribution in [0.2, 0.25) is 0 Å². The molecular weight excluding hydrogens is 140 g/mol. The monoisotopic (exact) mass is 148 g/mol. The van der Waals surface area contributed by atoms with E-state index in [9.17, 15) is 0 Å². The van der Waals surface area contributed by atoms with Crippen molar-refractivity contribution in [1.82, 2.24) is 4.98 Å². The van der Waals surface area contributed by atoms with Crippen LogP contribution in [0.1, 0.15) is 17.0 Å². The molecule has 0 aromatic carbocycles. The van der Waals surface area contributed by atoms with E-state index in [1.54, 1.807) is 12.1 Å². The van der Waals surface area contributed by atoms with Crippen molar-refractivity contribution in [1.29, 1.82) is 5.26 Å². The Morgan fingerprint density at radius 1 is 1.64 bits per heavy atom. The van der Waals surface area contributed by atoms with E-state index >= 15 is 0 Å². The average molecular weight is 148 g/mol. The summed E-state index contributed by atoms with van der Waals surface area (Å²) in [6, 6.07) is 5.43. The van der Waals surface area contributed by atoms with Crippen molar-refractivity contribution in [3.63, 3.8) is 0 Å². The minimum atomic E-state index is -0.116. The summed E-state index contributed by atoms with van der Waals surface area (Å²) in [6.07, 6.45) is 0. The molecule has 0 aliphatic carbocycles. The highest BCUT2D eigenvalue weighted by Crippen LogP contribution is 2.04. The van der Waals surface area contributed by atoms with Crippen LogP contribution < -0.4 is 0 Å². The third kappa shape index (κ3) is 1.54. The van der Waals surface area contributed by atoms with Crippen LogP contribution in [0.15, 0.2) is 12.1 Å². The number of pyridine rings is 1. The Morgan fingerprint density at radius 2 is 2.36 bits per heavy atom. The quantitative estimate of drug-likeness (QED) is 0.639. The van der Waals surface area contributed by atoms with Crippen LogP contribution >= 0.6 is 0 Å². The smallest absolute Gasteiger partial charge is 0.143 e. The molecule has 56 valence electrons. The van der Waals surface area contributed by atoms with Gasteiger partial charge in [0, 0.05) is 0 Å². The normalized spacial score (nSPS) is 9.18. The van der Waals surface area contributed by atoms with Gasteiger partial charge in [0.1, 0.15) is 11.8 Å². The highest BCUT2D eigenvalue weighted by Gasteiger charge is 1.98. The van der Waals surface area contributed by atoms with Crippen LogP contribution in [0.25, 0.3) is 0 Å². The van der Waals surface area contributed by atoms with Gasteiger partial charge in [0.25, 0.3) is 0 Å². The van der Waals surface area contributed by atoms with Crippen LogP contribution in [0.5, 0.6) is 0 Å². The Bertz CT molecular complexity index is 301. The van der Waals surface area contributed by atoms with Gasteiger partial charge in [0.2, 0.25) is 0 Å². The van der Waals surface area contributed by atoms with E-state index in [0.717, 1.165) is 5.56 Å². The number of aryl methyl sites for hydroxylation is 1. The molecular formula is C8H8N2O. The highest BCUT2D eigenvalue weighted by molar-refractivity contribution is 5.31. The standard InChI is InChI=1S/C8H8N2O/c1-6-2-3-7(5-11)10-8(6)4-9/h2-3,11H,5H2,1H3. The number of nitrogens with zero attached hydrogens (tertiary/aromatic N) is 2. The van der Waals surface area contributed by atoms with Crippen molar-refractivity contribution in [2.75, 3.05) is 0 Å². The first kappa shape index (κ1) is 7.70. The summed E-state index contributed by atoms with van der Waals surface area (Å²) in [6.45, 7) is 1.70. The van der Waals surface area contributed by atoms with Gasteiger partial charge >= 0.3 is 0 Å². The van der Waals surface area contributed by atoms with Gasteiger partial charge in [-0.15, -0.1) is 0 Å². The Kier molecular flexibility index (Phi) is 2.19. The van der Waals surface area contributed by atoms with Crippen molar-refractivity contribution < 1.29 is 5.11 Å². The van der Waals surface area contributed by atoms with Crippen molar-refractivity contribution in [3.05, 3.63) is 29.1 Å². The first-order chi connectivity index (χ1) is 5.27. The van der Waals surface area contributed by atoms with Gasteiger partial charge in [-0.25, -0.2) is 4.98 Å². The third-order valence-corrected chi connectivity index (χ3v) is 1.42. The van der Waals surface area contributed by atoms with E-state index in [-0.39, 0.29) is 6.61 Å². The van der Waals surface area contributed by atoms with Crippen molar-refractivity contribution in [2.45, 2.75) is 13.5 Å². The molecule has 1 rings (SSSR count). The largest absolute Gasteiger partial charge is 0.390 e. The van der Waals surface area contributed by atoms with E-state index < -0.39 is 0 Å². The predicted octanol–water partition coefficient (Wildman–Crippen LogP) is 0.754. The number of aliphatic hydroxyl groups is 1. The second-order valence-electron chi connectivity index (χ2n) is 2.24. The van der Waals surface area contributed by atoms with Gasteiger partial charge in [0.05, 0.1) is 12.3 Å². The molecule has 0 unspecified atom stereocenters. The maximum atomic E-state index is 8.68. The van der Waals surface area contributed by atoms with Gasteiger partial charge in [-0.3, -0.25) is 0 Å². The number of hydrogen-bond acceptors (Lipinski definition) is 3. The van der Waals surface area contributed by atoms with Gasteiger partial charge in [-0.05, 0) is 18.6 Å². The highest BCUT2D eigenvalue weighted by atomic mass is 16.3. The third-order valence-electron chi connectivity index (χ3n) is 1.42. The summed E-state index contributed by atoms with van der Waals surface area (Å²) in [4.78, 5) is 3.90. The van der Waals surface area contributed by atoms with Crippen LogP contribution in [-0.2, 0) is 6.61 Å². The van der Waals surface area contributed by atoms with E-state index in [1.165, 1.54) is 0 Å². The molecule has 3 heteroatoms. The van der Waals surface area contributed by atoms with Crippen molar-refractivity contribution >= 4 is 0 Å². The van der Waals surface area contributed by atoms with Crippen molar-refractivity contribution in [2.24, 2.45) is 0 Å². The zero-order valence-electron chi connectivity index (χ0n) is 6.20. The fraction of sp³-hybridized carbons (Fsp3) is 0.250. The first-order valence-electron chi connectivity index (χ1n) is 3.25. The lowest BCUT2D eigenvalue weighted by molar-refractivity contribution is 0.276. The van der Waals surface area contributed by atoms with Gasteiger partial charge in [-0.1, -0.05) is 6.07 Å². The van der Waals surface area contributed by atoms with E-state index in [2.05, 4.69) is 4.98 Å². The SMILES string of the molecule is Cc1ccc(CO)nc1C#N. The Hall–Kier alpha value is -1.40. The minimum Gasteiger partial charge on any atom is -0.390 e. The summed E-state index contributed by atoms with van der Waals surface area (Å²) < 4.78 is 0. The first-order valence-corrected chi connectivity index (χ1v) is 3.25. The van der Waals surface area contributed by atoms with Crippen LogP contribution in [-0.4, -0.2) is 10.1 Å². The molecule has 0 atom stereocenters. The summed E-state index contributed by atoms with van der Waals surface area (Å²) in [5.74, 6) is 0. The molecule has 0 saturated carbocycles. The number of aromatic nitrogens is 1. The molecule has 0 aliphatic heterocycles. The Labute approximate surface area is 64.9 Å². The van der Waals surface area contributed by atoms with E-state index in [1.807, 2.05) is 13.0 Å². The molecule has 0 aliphatic rings. The molecule has 0 spiro atoms. The summed E-state index contributed by atoms with van der Waals surface area (Å²) in [5, 5.41) is 17.2. The molecule has 0 saturated heterocycles. The number of aliphatic hydroxyl groups excluding tert-OH is 1. The molecule has 1 aromatic heterocycles. The Balaban J connectivity index is 3.15. The van der Waals surface area contributed by atoms with E-state index in [4.69, 9.17) is 10.4 Å². The maximum absolute atomic E-state index is 8.68. The number of hydrogen-bond donors (Lipinski definition) is 1. The lowest BCUT2D eigenvalue weighted by Crippen LogP contribution is -1.94. The van der Waals surface area contributed by atoms with Crippen LogP contribution in [0.3, 0.4) is 0 Å². The van der Waals surface area contributed by atoms with Crippen LogP contribution in [0, 0.1) is 18.3 Å². The summed E-state index contributed by atoms with van der Waals surface area (Å²) in [5.41, 5.74) is 1.76. The van der Waals surface area contributed by atoms with Crippen molar-refractivity contribution in [3.8, 4) is 6.07 Å². The second-order valence-corrected chi connectivity index (χ2v) is 2.24. The topological polar surface area (TPSA) is 56.9 Å². The molecule has 0 fully saturated rings. The molecule has 11 heavy (non-hydrogen) atoms. The zero-order chi connectivity index (χ0) is 8.27. The maximum Gasteiger partial charge on any atom is 0.143 e. The number of rotatable bonds is 1. The Morgan fingerprint density at radius 3 is 2.91 bits per heavy atom. The zero-order valence-corrected chi connectivity index (χ0v) is 6.20. The van der Waals surface area contributed by atoms with Gasteiger partial charge in [-0.2, -0.15) is 5.26 Å². The molecule has 0 amide bonds. The van der Waals surface area contributed by atoms with Crippen LogP contribution in [0.4, 0.5) is 0 Å². The lowest BCUT2D eigenvalue weighted by Gasteiger charge is -1.97.